The van der Waals surface area contributed by atoms with Gasteiger partial charge >= 0.3 is 5.97 Å². The highest BCUT2D eigenvalue weighted by Crippen LogP contribution is 2.16. The smallest absolute Gasteiger partial charge is 0.307 e. The maximum Gasteiger partial charge on any atom is 0.307 e. The standard InChI is InChI=1S/C22H23F2NO5/c1-3-12-29-17-7-4-15(5-8-17)20(26)10-11-21(27)30-14(2)22(28)25-19-9-6-16(23)13-18(19)24/h4-9,13-14H,3,10-12H2,1-2H3,(H,25,28)/t14-/m0/s1. The van der Waals surface area contributed by atoms with Crippen molar-refractivity contribution in [2.24, 2.45) is 0 Å². The third kappa shape index (κ3) is 6.95. The van der Waals surface area contributed by atoms with Crippen LogP contribution in [0.3, 0.4) is 0 Å². The van der Waals surface area contributed by atoms with E-state index >= 15 is 0 Å². The van der Waals surface area contributed by atoms with Crippen molar-refractivity contribution in [1.82, 2.24) is 0 Å². The molecule has 0 aromatic heterocycles. The van der Waals surface area contributed by atoms with Crippen LogP contribution >= 0.6 is 0 Å². The molecule has 0 aliphatic carbocycles. The molecular weight excluding hydrogens is 396 g/mol. The molecule has 1 amide bonds. The maximum absolute atomic E-state index is 13.6. The van der Waals surface area contributed by atoms with Gasteiger partial charge in [-0.05, 0) is 49.7 Å². The number of benzene rings is 2. The Morgan fingerprint density at radius 2 is 1.73 bits per heavy atom. The van der Waals surface area contributed by atoms with E-state index in [0.29, 0.717) is 24.0 Å². The summed E-state index contributed by atoms with van der Waals surface area (Å²) in [5.41, 5.74) is 0.204. The van der Waals surface area contributed by atoms with Crippen molar-refractivity contribution in [3.8, 4) is 5.75 Å². The molecule has 0 saturated heterocycles. The van der Waals surface area contributed by atoms with E-state index in [4.69, 9.17) is 9.47 Å². The molecule has 0 aliphatic rings. The van der Waals surface area contributed by atoms with Gasteiger partial charge in [-0.3, -0.25) is 14.4 Å². The third-order valence-electron chi connectivity index (χ3n) is 4.07. The molecule has 2 aromatic carbocycles. The SMILES string of the molecule is CCCOc1ccc(C(=O)CCC(=O)O[C@@H](C)C(=O)Nc2ccc(F)cc2F)cc1. The Balaban J connectivity index is 1.80. The van der Waals surface area contributed by atoms with Crippen LogP contribution in [0.1, 0.15) is 43.5 Å². The van der Waals surface area contributed by atoms with Crippen LogP contribution in [0.5, 0.6) is 5.75 Å². The van der Waals surface area contributed by atoms with Gasteiger partial charge in [0.1, 0.15) is 17.4 Å². The second-order valence-corrected chi connectivity index (χ2v) is 6.54. The van der Waals surface area contributed by atoms with E-state index in [9.17, 15) is 23.2 Å². The van der Waals surface area contributed by atoms with Crippen LogP contribution in [0.2, 0.25) is 0 Å². The Morgan fingerprint density at radius 3 is 2.37 bits per heavy atom. The second kappa shape index (κ2) is 11.0. The largest absolute Gasteiger partial charge is 0.494 e. The molecule has 1 N–H and O–H groups in total. The summed E-state index contributed by atoms with van der Waals surface area (Å²) in [6.45, 7) is 3.88. The lowest BCUT2D eigenvalue weighted by Gasteiger charge is -2.14. The predicted octanol–water partition coefficient (Wildman–Crippen LogP) is 4.29. The lowest BCUT2D eigenvalue weighted by Crippen LogP contribution is -2.30. The van der Waals surface area contributed by atoms with Crippen LogP contribution in [-0.4, -0.2) is 30.4 Å². The Kier molecular flexibility index (Phi) is 8.46. The van der Waals surface area contributed by atoms with Gasteiger partial charge in [0.15, 0.2) is 11.9 Å². The van der Waals surface area contributed by atoms with E-state index in [2.05, 4.69) is 5.32 Å². The summed E-state index contributed by atoms with van der Waals surface area (Å²) in [6.07, 6.45) is -0.644. The zero-order chi connectivity index (χ0) is 22.1. The first-order chi connectivity index (χ1) is 14.3. The van der Waals surface area contributed by atoms with Crippen molar-refractivity contribution < 1.29 is 32.6 Å². The Morgan fingerprint density at radius 1 is 1.03 bits per heavy atom. The van der Waals surface area contributed by atoms with Crippen molar-refractivity contribution in [2.45, 2.75) is 39.2 Å². The number of amides is 1. The zero-order valence-electron chi connectivity index (χ0n) is 16.7. The van der Waals surface area contributed by atoms with Crippen LogP contribution in [0.15, 0.2) is 42.5 Å². The van der Waals surface area contributed by atoms with Gasteiger partial charge in [-0.25, -0.2) is 8.78 Å². The number of esters is 1. The molecule has 0 radical (unpaired) electrons. The zero-order valence-corrected chi connectivity index (χ0v) is 16.7. The number of carbonyl (C=O) groups excluding carboxylic acids is 3. The van der Waals surface area contributed by atoms with Gasteiger partial charge in [-0.1, -0.05) is 6.92 Å². The molecule has 0 bridgehead atoms. The Hall–Kier alpha value is -3.29. The van der Waals surface area contributed by atoms with Gasteiger partial charge < -0.3 is 14.8 Å². The summed E-state index contributed by atoms with van der Waals surface area (Å²) < 4.78 is 36.9. The van der Waals surface area contributed by atoms with E-state index in [-0.39, 0.29) is 24.3 Å². The highest BCUT2D eigenvalue weighted by Gasteiger charge is 2.20. The molecule has 1 atom stereocenters. The minimum atomic E-state index is -1.22. The summed E-state index contributed by atoms with van der Waals surface area (Å²) >= 11 is 0. The fourth-order valence-corrected chi connectivity index (χ4v) is 2.45. The van der Waals surface area contributed by atoms with E-state index in [1.165, 1.54) is 6.92 Å². The average molecular weight is 419 g/mol. The number of Topliss-reactive ketones (excluding diaryl/α,β-unsaturated/α-hetero) is 1. The Labute approximate surface area is 173 Å². The number of halogens is 2. The third-order valence-corrected chi connectivity index (χ3v) is 4.07. The second-order valence-electron chi connectivity index (χ2n) is 6.54. The average Bonchev–Trinajstić information content (AvgIpc) is 2.72. The van der Waals surface area contributed by atoms with Crippen molar-refractivity contribution in [1.29, 1.82) is 0 Å². The fourth-order valence-electron chi connectivity index (χ4n) is 2.45. The predicted molar refractivity (Wildman–Crippen MR) is 106 cm³/mol. The highest BCUT2D eigenvalue weighted by atomic mass is 19.1. The van der Waals surface area contributed by atoms with Crippen molar-refractivity contribution in [3.05, 3.63) is 59.7 Å². The molecule has 160 valence electrons. The van der Waals surface area contributed by atoms with Crippen LogP contribution < -0.4 is 10.1 Å². The van der Waals surface area contributed by atoms with Gasteiger partial charge in [0.25, 0.3) is 5.91 Å². The van der Waals surface area contributed by atoms with Crippen LogP contribution in [0.4, 0.5) is 14.5 Å². The molecule has 0 fully saturated rings. The van der Waals surface area contributed by atoms with Gasteiger partial charge in [-0.2, -0.15) is 0 Å². The number of ether oxygens (including phenoxy) is 2. The number of carbonyl (C=O) groups is 3. The first-order valence-electron chi connectivity index (χ1n) is 9.51. The number of anilines is 1. The minimum absolute atomic E-state index is 0.0884. The van der Waals surface area contributed by atoms with Gasteiger partial charge in [-0.15, -0.1) is 0 Å². The van der Waals surface area contributed by atoms with E-state index in [1.54, 1.807) is 24.3 Å². The molecular formula is C22H23F2NO5. The van der Waals surface area contributed by atoms with Crippen molar-refractivity contribution >= 4 is 23.3 Å². The normalized spacial score (nSPS) is 11.5. The number of nitrogens with one attached hydrogen (secondary N) is 1. The number of hydrogen-bond donors (Lipinski definition) is 1. The van der Waals surface area contributed by atoms with Crippen molar-refractivity contribution in [3.63, 3.8) is 0 Å². The molecule has 0 saturated carbocycles. The van der Waals surface area contributed by atoms with E-state index in [1.807, 2.05) is 6.92 Å². The number of rotatable bonds is 10. The first-order valence-corrected chi connectivity index (χ1v) is 9.51. The lowest BCUT2D eigenvalue weighted by atomic mass is 10.1. The molecule has 8 heteroatoms. The summed E-state index contributed by atoms with van der Waals surface area (Å²) in [7, 11) is 0. The van der Waals surface area contributed by atoms with Crippen LogP contribution in [0.25, 0.3) is 0 Å². The molecule has 0 aliphatic heterocycles. The number of hydrogen-bond acceptors (Lipinski definition) is 5. The lowest BCUT2D eigenvalue weighted by molar-refractivity contribution is -0.153. The van der Waals surface area contributed by atoms with Crippen LogP contribution in [-0.2, 0) is 14.3 Å². The number of ketones is 1. The molecule has 0 heterocycles. The van der Waals surface area contributed by atoms with Gasteiger partial charge in [0, 0.05) is 18.1 Å². The molecule has 6 nitrogen and oxygen atoms in total. The van der Waals surface area contributed by atoms with Gasteiger partial charge in [0.05, 0.1) is 18.7 Å². The first kappa shape index (κ1) is 23.0. The maximum atomic E-state index is 13.6. The molecule has 30 heavy (non-hydrogen) atoms. The Bertz CT molecular complexity index is 899. The summed E-state index contributed by atoms with van der Waals surface area (Å²) in [6, 6.07) is 9.28. The van der Waals surface area contributed by atoms with Crippen LogP contribution in [0, 0.1) is 11.6 Å². The monoisotopic (exact) mass is 419 g/mol. The molecule has 0 spiro atoms. The molecule has 2 aromatic rings. The van der Waals surface area contributed by atoms with E-state index in [0.717, 1.165) is 18.6 Å². The van der Waals surface area contributed by atoms with Crippen molar-refractivity contribution in [2.75, 3.05) is 11.9 Å². The summed E-state index contributed by atoms with van der Waals surface area (Å²) in [5, 5.41) is 2.22. The highest BCUT2D eigenvalue weighted by molar-refractivity contribution is 5.98. The summed E-state index contributed by atoms with van der Waals surface area (Å²) in [5.74, 6) is -2.84. The molecule has 0 unspecified atom stereocenters. The topological polar surface area (TPSA) is 81.7 Å². The van der Waals surface area contributed by atoms with Gasteiger partial charge in [0.2, 0.25) is 0 Å². The minimum Gasteiger partial charge on any atom is -0.494 e. The molecule has 2 rings (SSSR count). The van der Waals surface area contributed by atoms with E-state index < -0.39 is 29.6 Å². The summed E-state index contributed by atoms with van der Waals surface area (Å²) in [4.78, 5) is 36.2. The quantitative estimate of drug-likeness (QED) is 0.459. The fraction of sp³-hybridized carbons (Fsp3) is 0.318.